The van der Waals surface area contributed by atoms with E-state index in [9.17, 15) is 0 Å². The molecule has 1 aliphatic carbocycles. The van der Waals surface area contributed by atoms with Crippen LogP contribution in [0.3, 0.4) is 0 Å². The molecule has 3 heteroatoms. The van der Waals surface area contributed by atoms with Crippen LogP contribution in [0.25, 0.3) is 0 Å². The molecule has 27 heavy (non-hydrogen) atoms. The van der Waals surface area contributed by atoms with E-state index in [0.717, 1.165) is 22.4 Å². The predicted molar refractivity (Wildman–Crippen MR) is 119 cm³/mol. The van der Waals surface area contributed by atoms with Crippen molar-refractivity contribution in [1.29, 1.82) is 0 Å². The normalized spacial score (nSPS) is 22.1. The first-order valence-electron chi connectivity index (χ1n) is 11.4. The Kier molecular flexibility index (Phi) is 10.7. The summed E-state index contributed by atoms with van der Waals surface area (Å²) in [6, 6.07) is 11.3. The van der Waals surface area contributed by atoms with Crippen molar-refractivity contribution in [2.45, 2.75) is 82.5 Å². The van der Waals surface area contributed by atoms with Gasteiger partial charge in [0.25, 0.3) is 0 Å². The Balaban J connectivity index is 2.26. The molecule has 0 aliphatic heterocycles. The fourth-order valence-electron chi connectivity index (χ4n) is 5.28. The van der Waals surface area contributed by atoms with Crippen LogP contribution in [0.1, 0.15) is 70.8 Å². The Hall–Kier alpha value is -0.0613. The average molecular weight is 481 g/mol. The molecule has 0 radical (unpaired) electrons. The molecular formula is C24H42O2Sn. The Bertz CT molecular complexity index is 483. The summed E-state index contributed by atoms with van der Waals surface area (Å²) >= 11 is -2.24. The fraction of sp³-hybridized carbons (Fsp3) is 0.750. The molecule has 0 unspecified atom stereocenters. The molecule has 1 aromatic carbocycles. The molecule has 2 rings (SSSR count). The molecule has 0 aromatic heterocycles. The van der Waals surface area contributed by atoms with Gasteiger partial charge in [-0.05, 0) is 0 Å². The van der Waals surface area contributed by atoms with Crippen LogP contribution in [0.15, 0.2) is 30.3 Å². The van der Waals surface area contributed by atoms with Crippen molar-refractivity contribution in [2.75, 3.05) is 20.5 Å². The first kappa shape index (κ1) is 23.2. The SMILES string of the molecule is CCC[CH2][Sn]([CH2]CCC)([CH2]CCC)[C@@H]1[C@H](COCOC)[C@@H]1c1ccccc1. The second-order valence-corrected chi connectivity index (χ2v) is 22.5. The maximum atomic E-state index is 5.91. The van der Waals surface area contributed by atoms with E-state index in [0.29, 0.717) is 6.79 Å². The third-order valence-corrected chi connectivity index (χ3v) is 24.5. The summed E-state index contributed by atoms with van der Waals surface area (Å²) in [6.45, 7) is 8.44. The van der Waals surface area contributed by atoms with E-state index in [4.69, 9.17) is 9.47 Å². The summed E-state index contributed by atoms with van der Waals surface area (Å²) in [4.78, 5) is 0. The van der Waals surface area contributed by atoms with Gasteiger partial charge in [0.05, 0.1) is 0 Å². The first-order valence-corrected chi connectivity index (χ1v) is 19.1. The van der Waals surface area contributed by atoms with Gasteiger partial charge >= 0.3 is 173 Å². The van der Waals surface area contributed by atoms with Gasteiger partial charge in [0.1, 0.15) is 0 Å². The van der Waals surface area contributed by atoms with Crippen molar-refractivity contribution in [3.63, 3.8) is 0 Å². The summed E-state index contributed by atoms with van der Waals surface area (Å²) in [5, 5.41) is 0. The molecule has 0 saturated heterocycles. The third kappa shape index (κ3) is 6.47. The Morgan fingerprint density at radius 1 is 0.852 bits per heavy atom. The van der Waals surface area contributed by atoms with E-state index >= 15 is 0 Å². The van der Waals surface area contributed by atoms with E-state index < -0.39 is 18.4 Å². The fourth-order valence-corrected chi connectivity index (χ4v) is 25.9. The number of hydrogen-bond donors (Lipinski definition) is 0. The second kappa shape index (κ2) is 12.5. The van der Waals surface area contributed by atoms with Crippen molar-refractivity contribution in [3.05, 3.63) is 35.9 Å². The third-order valence-electron chi connectivity index (χ3n) is 6.66. The molecule has 154 valence electrons. The average Bonchev–Trinajstić information content (AvgIpc) is 3.43. The van der Waals surface area contributed by atoms with Crippen LogP contribution < -0.4 is 0 Å². The molecule has 1 fully saturated rings. The zero-order valence-corrected chi connectivity index (χ0v) is 21.1. The van der Waals surface area contributed by atoms with Gasteiger partial charge in [-0.25, -0.2) is 0 Å². The molecule has 0 heterocycles. The number of rotatable bonds is 15. The molecule has 1 aliphatic rings. The van der Waals surface area contributed by atoms with E-state index in [-0.39, 0.29) is 0 Å². The zero-order valence-electron chi connectivity index (χ0n) is 18.2. The topological polar surface area (TPSA) is 18.5 Å². The van der Waals surface area contributed by atoms with Crippen LogP contribution in [0.2, 0.25) is 17.2 Å². The van der Waals surface area contributed by atoms with Crippen LogP contribution in [-0.4, -0.2) is 38.9 Å². The molecule has 0 N–H and O–H groups in total. The summed E-state index contributed by atoms with van der Waals surface area (Å²) < 4.78 is 16.8. The van der Waals surface area contributed by atoms with Crippen LogP contribution in [-0.2, 0) is 9.47 Å². The standard InChI is InChI=1S/C12H15O2.3C4H9.Sn/c1-13-9-14-8-11-7-12(11)10-5-3-2-4-6-10;3*1-3-4-2;/h2-7,11-12H,8-9H2,1H3;3*1,3-4H2,2H3;/t11-,12+;;;;/m1..../s1. The van der Waals surface area contributed by atoms with Gasteiger partial charge in [0.15, 0.2) is 0 Å². The van der Waals surface area contributed by atoms with Gasteiger partial charge < -0.3 is 0 Å². The Morgan fingerprint density at radius 2 is 1.41 bits per heavy atom. The van der Waals surface area contributed by atoms with Gasteiger partial charge in [-0.15, -0.1) is 0 Å². The quantitative estimate of drug-likeness (QED) is 0.149. The molecule has 0 bridgehead atoms. The summed E-state index contributed by atoms with van der Waals surface area (Å²) in [7, 11) is 1.73. The van der Waals surface area contributed by atoms with E-state index in [2.05, 4.69) is 51.1 Å². The van der Waals surface area contributed by atoms with Crippen molar-refractivity contribution in [1.82, 2.24) is 0 Å². The van der Waals surface area contributed by atoms with Crippen LogP contribution >= 0.6 is 0 Å². The second-order valence-electron chi connectivity index (χ2n) is 8.58. The van der Waals surface area contributed by atoms with Crippen LogP contribution in [0.5, 0.6) is 0 Å². The van der Waals surface area contributed by atoms with E-state index in [1.807, 2.05) is 0 Å². The van der Waals surface area contributed by atoms with Gasteiger partial charge in [-0.1, -0.05) is 0 Å². The van der Waals surface area contributed by atoms with E-state index in [1.165, 1.54) is 38.5 Å². The molecular weight excluding hydrogens is 439 g/mol. The number of unbranched alkanes of at least 4 members (excludes halogenated alkanes) is 3. The molecule has 3 atom stereocenters. The Labute approximate surface area is 172 Å². The number of hydrogen-bond acceptors (Lipinski definition) is 2. The zero-order chi connectivity index (χ0) is 19.5. The van der Waals surface area contributed by atoms with Crippen LogP contribution in [0.4, 0.5) is 0 Å². The molecule has 1 aromatic rings. The number of ether oxygens (including phenoxy) is 2. The van der Waals surface area contributed by atoms with Gasteiger partial charge in [-0.3, -0.25) is 0 Å². The monoisotopic (exact) mass is 482 g/mol. The summed E-state index contributed by atoms with van der Waals surface area (Å²) in [6.07, 6.45) is 8.41. The van der Waals surface area contributed by atoms with Gasteiger partial charge in [-0.2, -0.15) is 0 Å². The number of benzene rings is 1. The van der Waals surface area contributed by atoms with Crippen LogP contribution in [0, 0.1) is 5.92 Å². The van der Waals surface area contributed by atoms with Gasteiger partial charge in [0.2, 0.25) is 0 Å². The maximum absolute atomic E-state index is 5.91. The first-order chi connectivity index (χ1) is 13.2. The predicted octanol–water partition coefficient (Wildman–Crippen LogP) is 7.24. The number of methoxy groups -OCH3 is 1. The molecule has 1 saturated carbocycles. The molecule has 0 spiro atoms. The minimum absolute atomic E-state index is 0.437. The van der Waals surface area contributed by atoms with E-state index in [1.54, 1.807) is 26.0 Å². The van der Waals surface area contributed by atoms with Gasteiger partial charge in [0, 0.05) is 0 Å². The minimum atomic E-state index is -2.24. The van der Waals surface area contributed by atoms with Crippen molar-refractivity contribution >= 4 is 18.4 Å². The summed E-state index contributed by atoms with van der Waals surface area (Å²) in [5.41, 5.74) is 1.57. The van der Waals surface area contributed by atoms with Crippen molar-refractivity contribution in [2.24, 2.45) is 5.92 Å². The van der Waals surface area contributed by atoms with Crippen molar-refractivity contribution in [3.8, 4) is 0 Å². The Morgan fingerprint density at radius 3 is 1.89 bits per heavy atom. The van der Waals surface area contributed by atoms with Crippen molar-refractivity contribution < 1.29 is 9.47 Å². The molecule has 2 nitrogen and oxygen atoms in total. The molecule has 0 amide bonds. The summed E-state index contributed by atoms with van der Waals surface area (Å²) in [5.74, 6) is 1.49.